The molecule has 0 bridgehead atoms. The van der Waals surface area contributed by atoms with Crippen LogP contribution in [0, 0.1) is 0 Å². The van der Waals surface area contributed by atoms with Crippen molar-refractivity contribution < 1.29 is 0 Å². The number of hydrogen-bond donors (Lipinski definition) is 1. The molecule has 2 aromatic rings. The summed E-state index contributed by atoms with van der Waals surface area (Å²) in [4.78, 5) is 2.53. The van der Waals surface area contributed by atoms with Crippen LogP contribution in [-0.4, -0.2) is 12.1 Å². The number of anilines is 3. The molecule has 2 atom stereocenters. The van der Waals surface area contributed by atoms with Crippen molar-refractivity contribution in [2.75, 3.05) is 10.2 Å². The molecule has 0 aromatic heterocycles. The summed E-state index contributed by atoms with van der Waals surface area (Å²) in [5.41, 5.74) is 3.60. The number of rotatable bonds is 3. The summed E-state index contributed by atoms with van der Waals surface area (Å²) in [5, 5.41) is 3.43. The van der Waals surface area contributed by atoms with Crippen LogP contribution in [0.4, 0.5) is 17.1 Å². The van der Waals surface area contributed by atoms with E-state index in [1.807, 2.05) is 18.2 Å². The molecule has 1 heterocycles. The van der Waals surface area contributed by atoms with Crippen molar-refractivity contribution in [3.05, 3.63) is 54.6 Å². The van der Waals surface area contributed by atoms with E-state index in [0.29, 0.717) is 12.1 Å². The summed E-state index contributed by atoms with van der Waals surface area (Å²) in [6, 6.07) is 20.4. The minimum absolute atomic E-state index is 0.651. The smallest absolute Gasteiger partial charge is 0.0385 e. The first kappa shape index (κ1) is 13.0. The Morgan fingerprint density at radius 2 is 1.35 bits per heavy atom. The Balaban J connectivity index is 1.75. The largest absolute Gasteiger partial charge is 0.366 e. The molecule has 0 radical (unpaired) electrons. The molecule has 104 valence electrons. The first-order chi connectivity index (χ1) is 9.74. The van der Waals surface area contributed by atoms with E-state index in [1.54, 1.807) is 0 Å². The summed E-state index contributed by atoms with van der Waals surface area (Å²) < 4.78 is 0. The third-order valence-corrected chi connectivity index (χ3v) is 4.18. The fourth-order valence-corrected chi connectivity index (χ4v) is 3.11. The van der Waals surface area contributed by atoms with Crippen LogP contribution in [0.3, 0.4) is 0 Å². The van der Waals surface area contributed by atoms with E-state index >= 15 is 0 Å². The molecule has 1 N–H and O–H groups in total. The average molecular weight is 266 g/mol. The van der Waals surface area contributed by atoms with E-state index in [0.717, 1.165) is 11.4 Å². The predicted molar refractivity (Wildman–Crippen MR) is 86.8 cm³/mol. The number of hydrogen-bond acceptors (Lipinski definition) is 2. The maximum absolute atomic E-state index is 3.43. The standard InChI is InChI=1S/C18H22N2/c1-14-8-9-15(2)20(14)18-12-10-17(11-13-18)19-16-6-4-3-5-7-16/h3-7,10-15,19H,8-9H2,1-2H3. The van der Waals surface area contributed by atoms with Crippen molar-refractivity contribution in [3.8, 4) is 0 Å². The quantitative estimate of drug-likeness (QED) is 0.857. The van der Waals surface area contributed by atoms with E-state index in [9.17, 15) is 0 Å². The topological polar surface area (TPSA) is 15.3 Å². The van der Waals surface area contributed by atoms with E-state index in [1.165, 1.54) is 18.5 Å². The van der Waals surface area contributed by atoms with Crippen molar-refractivity contribution in [1.82, 2.24) is 0 Å². The van der Waals surface area contributed by atoms with Gasteiger partial charge in [0.2, 0.25) is 0 Å². The molecule has 0 aliphatic carbocycles. The van der Waals surface area contributed by atoms with Gasteiger partial charge in [-0.15, -0.1) is 0 Å². The van der Waals surface area contributed by atoms with Gasteiger partial charge in [0.05, 0.1) is 0 Å². The van der Waals surface area contributed by atoms with Gasteiger partial charge < -0.3 is 10.2 Å². The molecule has 1 aliphatic heterocycles. The highest BCUT2D eigenvalue weighted by molar-refractivity contribution is 5.63. The summed E-state index contributed by atoms with van der Waals surface area (Å²) in [6.45, 7) is 4.64. The van der Waals surface area contributed by atoms with Crippen LogP contribution in [0.25, 0.3) is 0 Å². The van der Waals surface area contributed by atoms with Crippen molar-refractivity contribution in [1.29, 1.82) is 0 Å². The molecule has 20 heavy (non-hydrogen) atoms. The van der Waals surface area contributed by atoms with E-state index in [4.69, 9.17) is 0 Å². The highest BCUT2D eigenvalue weighted by Gasteiger charge is 2.27. The highest BCUT2D eigenvalue weighted by Crippen LogP contribution is 2.31. The SMILES string of the molecule is CC1CCC(C)N1c1ccc(Nc2ccccc2)cc1. The van der Waals surface area contributed by atoms with E-state index in [2.05, 4.69) is 60.5 Å². The van der Waals surface area contributed by atoms with Crippen LogP contribution in [0.5, 0.6) is 0 Å². The number of nitrogens with zero attached hydrogens (tertiary/aromatic N) is 1. The van der Waals surface area contributed by atoms with Crippen LogP contribution in [0.2, 0.25) is 0 Å². The first-order valence-electron chi connectivity index (χ1n) is 7.44. The highest BCUT2D eigenvalue weighted by atomic mass is 15.2. The zero-order valence-corrected chi connectivity index (χ0v) is 12.2. The lowest BCUT2D eigenvalue weighted by Gasteiger charge is -2.28. The second-order valence-electron chi connectivity index (χ2n) is 5.72. The molecule has 0 saturated carbocycles. The normalized spacial score (nSPS) is 22.0. The third kappa shape index (κ3) is 2.64. The van der Waals surface area contributed by atoms with Crippen molar-refractivity contribution >= 4 is 17.1 Å². The lowest BCUT2D eigenvalue weighted by atomic mass is 10.2. The Kier molecular flexibility index (Phi) is 3.64. The van der Waals surface area contributed by atoms with Crippen LogP contribution in [-0.2, 0) is 0 Å². The van der Waals surface area contributed by atoms with Gasteiger partial charge in [0.1, 0.15) is 0 Å². The molecule has 3 rings (SSSR count). The molecule has 0 spiro atoms. The Bertz CT molecular complexity index is 537. The predicted octanol–water partition coefficient (Wildman–Crippen LogP) is 4.81. The summed E-state index contributed by atoms with van der Waals surface area (Å²) in [7, 11) is 0. The van der Waals surface area contributed by atoms with Gasteiger partial charge in [-0.05, 0) is 63.1 Å². The number of benzene rings is 2. The van der Waals surface area contributed by atoms with Crippen LogP contribution < -0.4 is 10.2 Å². The van der Waals surface area contributed by atoms with Gasteiger partial charge in [-0.1, -0.05) is 18.2 Å². The zero-order valence-electron chi connectivity index (χ0n) is 12.2. The second kappa shape index (κ2) is 5.58. The number of nitrogens with one attached hydrogen (secondary N) is 1. The van der Waals surface area contributed by atoms with Gasteiger partial charge in [-0.3, -0.25) is 0 Å². The molecule has 2 unspecified atom stereocenters. The molecular formula is C18H22N2. The Labute approximate surface area is 121 Å². The van der Waals surface area contributed by atoms with Gasteiger partial charge in [-0.25, -0.2) is 0 Å². The summed E-state index contributed by atoms with van der Waals surface area (Å²) in [5.74, 6) is 0. The third-order valence-electron chi connectivity index (χ3n) is 4.18. The molecular weight excluding hydrogens is 244 g/mol. The first-order valence-corrected chi connectivity index (χ1v) is 7.44. The Hall–Kier alpha value is -1.96. The van der Waals surface area contributed by atoms with Gasteiger partial charge in [-0.2, -0.15) is 0 Å². The number of para-hydroxylation sites is 1. The average Bonchev–Trinajstić information content (AvgIpc) is 2.81. The monoisotopic (exact) mass is 266 g/mol. The van der Waals surface area contributed by atoms with Crippen LogP contribution in [0.15, 0.2) is 54.6 Å². The van der Waals surface area contributed by atoms with E-state index < -0.39 is 0 Å². The van der Waals surface area contributed by atoms with E-state index in [-0.39, 0.29) is 0 Å². The fraction of sp³-hybridized carbons (Fsp3) is 0.333. The maximum Gasteiger partial charge on any atom is 0.0385 e. The summed E-state index contributed by atoms with van der Waals surface area (Å²) in [6.07, 6.45) is 2.59. The van der Waals surface area contributed by atoms with Gasteiger partial charge in [0, 0.05) is 29.1 Å². The molecule has 2 nitrogen and oxygen atoms in total. The molecule has 1 aliphatic rings. The summed E-state index contributed by atoms with van der Waals surface area (Å²) >= 11 is 0. The van der Waals surface area contributed by atoms with Crippen LogP contribution >= 0.6 is 0 Å². The Morgan fingerprint density at radius 3 is 1.95 bits per heavy atom. The Morgan fingerprint density at radius 1 is 0.800 bits per heavy atom. The lowest BCUT2D eigenvalue weighted by molar-refractivity contribution is 0.694. The molecule has 2 heteroatoms. The molecule has 1 fully saturated rings. The second-order valence-corrected chi connectivity index (χ2v) is 5.72. The fourth-order valence-electron chi connectivity index (χ4n) is 3.11. The minimum atomic E-state index is 0.651. The zero-order chi connectivity index (χ0) is 13.9. The van der Waals surface area contributed by atoms with Gasteiger partial charge >= 0.3 is 0 Å². The van der Waals surface area contributed by atoms with Crippen LogP contribution in [0.1, 0.15) is 26.7 Å². The molecule has 0 amide bonds. The molecule has 1 saturated heterocycles. The van der Waals surface area contributed by atoms with Gasteiger partial charge in [0.15, 0.2) is 0 Å². The lowest BCUT2D eigenvalue weighted by Crippen LogP contribution is -2.32. The van der Waals surface area contributed by atoms with Gasteiger partial charge in [0.25, 0.3) is 0 Å². The molecule has 2 aromatic carbocycles. The maximum atomic E-state index is 3.43. The minimum Gasteiger partial charge on any atom is -0.366 e. The van der Waals surface area contributed by atoms with Crippen molar-refractivity contribution in [3.63, 3.8) is 0 Å². The van der Waals surface area contributed by atoms with Crippen molar-refractivity contribution in [2.45, 2.75) is 38.8 Å². The van der Waals surface area contributed by atoms with Crippen molar-refractivity contribution in [2.24, 2.45) is 0 Å².